The van der Waals surface area contributed by atoms with Gasteiger partial charge in [-0.1, -0.05) is 18.1 Å². The van der Waals surface area contributed by atoms with Crippen LogP contribution in [0.2, 0.25) is 0 Å². The maximum absolute atomic E-state index is 8.81. The van der Waals surface area contributed by atoms with E-state index < -0.39 is 0 Å². The number of aliphatic hydroxyl groups excluding tert-OH is 1. The normalized spacial score (nSPS) is 13.4. The number of nitrogens with zero attached hydrogens (tertiary/aromatic N) is 6. The summed E-state index contributed by atoms with van der Waals surface area (Å²) >= 11 is 0. The summed E-state index contributed by atoms with van der Waals surface area (Å²) < 4.78 is 3.71. The van der Waals surface area contributed by atoms with Crippen molar-refractivity contribution in [3.63, 3.8) is 0 Å². The molecule has 4 aromatic rings. The molecule has 0 amide bonds. The Morgan fingerprint density at radius 2 is 2.11 bits per heavy atom. The maximum Gasteiger partial charge on any atom is 0.153 e. The van der Waals surface area contributed by atoms with Crippen molar-refractivity contribution in [1.82, 2.24) is 24.4 Å². The Balaban J connectivity index is 1.70. The van der Waals surface area contributed by atoms with Crippen molar-refractivity contribution < 1.29 is 9.94 Å². The first-order valence-electron chi connectivity index (χ1n) is 9.12. The van der Waals surface area contributed by atoms with Gasteiger partial charge in [0.2, 0.25) is 0 Å². The van der Waals surface area contributed by atoms with Crippen LogP contribution in [0.3, 0.4) is 0 Å². The highest BCUT2D eigenvalue weighted by Crippen LogP contribution is 2.27. The Kier molecular flexibility index (Phi) is 4.79. The summed E-state index contributed by atoms with van der Waals surface area (Å²) in [6.07, 6.45) is 3.74. The summed E-state index contributed by atoms with van der Waals surface area (Å²) in [5.41, 5.74) is 5.37. The monoisotopic (exact) mass is 378 g/mol. The second-order valence-electron chi connectivity index (χ2n) is 6.71. The number of hydrogen-bond donors (Lipinski definition) is 1. The van der Waals surface area contributed by atoms with Crippen molar-refractivity contribution in [2.45, 2.75) is 19.8 Å². The van der Waals surface area contributed by atoms with Gasteiger partial charge in [-0.15, -0.1) is 0 Å². The molecule has 1 N–H and O–H groups in total. The number of oxime groups is 1. The molecule has 8 heteroatoms. The number of fused-ring (bicyclic) bond motifs is 2. The van der Waals surface area contributed by atoms with E-state index in [2.05, 4.69) is 40.4 Å². The van der Waals surface area contributed by atoms with Gasteiger partial charge in [0.05, 0.1) is 30.2 Å². The Morgan fingerprint density at radius 3 is 2.93 bits per heavy atom. The highest BCUT2D eigenvalue weighted by Gasteiger charge is 2.16. The van der Waals surface area contributed by atoms with Crippen molar-refractivity contribution in [2.24, 2.45) is 12.2 Å². The van der Waals surface area contributed by atoms with Crippen LogP contribution in [0, 0.1) is 0 Å². The van der Waals surface area contributed by atoms with Crippen molar-refractivity contribution in [3.05, 3.63) is 59.7 Å². The van der Waals surface area contributed by atoms with Crippen LogP contribution in [0.4, 0.5) is 0 Å². The van der Waals surface area contributed by atoms with Crippen LogP contribution >= 0.6 is 0 Å². The fourth-order valence-electron chi connectivity index (χ4n) is 3.23. The standard InChI is InChI=1S/C20H22N6O2/c1-13(15-4-6-18-16(10-15)11-22-25(18)3)19-12-21-20-7-5-17(23-26(19)20)14(2)24-28-9-8-27/h4-7,10-13,27H,8-9H2,1-3H3/b24-14-. The molecule has 0 aliphatic carbocycles. The summed E-state index contributed by atoms with van der Waals surface area (Å²) in [5.74, 6) is 0.102. The van der Waals surface area contributed by atoms with Crippen LogP contribution in [-0.4, -0.2) is 48.4 Å². The van der Waals surface area contributed by atoms with Crippen molar-refractivity contribution in [2.75, 3.05) is 13.2 Å². The van der Waals surface area contributed by atoms with Crippen LogP contribution < -0.4 is 0 Å². The molecule has 0 bridgehead atoms. The third-order valence-corrected chi connectivity index (χ3v) is 4.86. The highest BCUT2D eigenvalue weighted by atomic mass is 16.6. The lowest BCUT2D eigenvalue weighted by atomic mass is 9.97. The van der Waals surface area contributed by atoms with Crippen LogP contribution in [0.5, 0.6) is 0 Å². The molecule has 144 valence electrons. The zero-order chi connectivity index (χ0) is 19.7. The lowest BCUT2D eigenvalue weighted by Crippen LogP contribution is -2.08. The lowest BCUT2D eigenvalue weighted by molar-refractivity contribution is 0.0986. The molecule has 4 rings (SSSR count). The van der Waals surface area contributed by atoms with Gasteiger partial charge in [0.1, 0.15) is 18.0 Å². The second kappa shape index (κ2) is 7.40. The first-order valence-corrected chi connectivity index (χ1v) is 9.12. The molecule has 1 aromatic carbocycles. The topological polar surface area (TPSA) is 89.8 Å². The van der Waals surface area contributed by atoms with Crippen LogP contribution in [0.1, 0.15) is 36.7 Å². The number of aliphatic hydroxyl groups is 1. The molecule has 8 nitrogen and oxygen atoms in total. The quantitative estimate of drug-likeness (QED) is 0.316. The predicted octanol–water partition coefficient (Wildman–Crippen LogP) is 2.50. The number of imidazole rings is 1. The third-order valence-electron chi connectivity index (χ3n) is 4.86. The molecule has 0 fully saturated rings. The molecule has 28 heavy (non-hydrogen) atoms. The summed E-state index contributed by atoms with van der Waals surface area (Å²) in [5, 5.41) is 22.9. The molecule has 0 radical (unpaired) electrons. The predicted molar refractivity (Wildman–Crippen MR) is 106 cm³/mol. The Hall–Kier alpha value is -3.26. The number of benzene rings is 1. The molecule has 0 aliphatic heterocycles. The smallest absolute Gasteiger partial charge is 0.153 e. The van der Waals surface area contributed by atoms with E-state index in [-0.39, 0.29) is 19.1 Å². The number of aryl methyl sites for hydroxylation is 1. The van der Waals surface area contributed by atoms with Gasteiger partial charge in [-0.25, -0.2) is 9.50 Å². The summed E-state index contributed by atoms with van der Waals surface area (Å²) in [4.78, 5) is 9.53. The van der Waals surface area contributed by atoms with E-state index in [1.54, 1.807) is 0 Å². The lowest BCUT2D eigenvalue weighted by Gasteiger charge is -2.12. The third kappa shape index (κ3) is 3.22. The van der Waals surface area contributed by atoms with Crippen LogP contribution in [0.25, 0.3) is 16.6 Å². The molecule has 0 spiro atoms. The Morgan fingerprint density at radius 1 is 1.25 bits per heavy atom. The Labute approximate surface area is 162 Å². The van der Waals surface area contributed by atoms with Gasteiger partial charge in [0, 0.05) is 18.4 Å². The summed E-state index contributed by atoms with van der Waals surface area (Å²) in [6, 6.07) is 10.1. The van der Waals surface area contributed by atoms with Crippen molar-refractivity contribution >= 4 is 22.3 Å². The number of rotatable bonds is 6. The second-order valence-corrected chi connectivity index (χ2v) is 6.71. The van der Waals surface area contributed by atoms with Crippen molar-refractivity contribution in [3.8, 4) is 0 Å². The molecule has 3 heterocycles. The molecule has 0 aliphatic rings. The first-order chi connectivity index (χ1) is 13.6. The zero-order valence-corrected chi connectivity index (χ0v) is 16.1. The molecule has 1 unspecified atom stereocenters. The minimum absolute atomic E-state index is 0.0757. The van der Waals surface area contributed by atoms with Gasteiger partial charge in [0.25, 0.3) is 0 Å². The van der Waals surface area contributed by atoms with Gasteiger partial charge in [-0.2, -0.15) is 10.2 Å². The van der Waals surface area contributed by atoms with Gasteiger partial charge in [0.15, 0.2) is 5.65 Å². The average molecular weight is 378 g/mol. The van der Waals surface area contributed by atoms with E-state index in [9.17, 15) is 0 Å². The van der Waals surface area contributed by atoms with Crippen LogP contribution in [0.15, 0.2) is 47.9 Å². The maximum atomic E-state index is 8.81. The highest BCUT2D eigenvalue weighted by molar-refractivity contribution is 5.96. The minimum Gasteiger partial charge on any atom is -0.393 e. The first kappa shape index (κ1) is 18.1. The van der Waals surface area contributed by atoms with Gasteiger partial charge in [-0.05, 0) is 36.8 Å². The van der Waals surface area contributed by atoms with E-state index in [4.69, 9.17) is 15.0 Å². The molecule has 0 saturated carbocycles. The molecular weight excluding hydrogens is 356 g/mol. The van der Waals surface area contributed by atoms with E-state index >= 15 is 0 Å². The molecule has 3 aromatic heterocycles. The molecular formula is C20H22N6O2. The summed E-state index contributed by atoms with van der Waals surface area (Å²) in [6.45, 7) is 4.04. The fraction of sp³-hybridized carbons (Fsp3) is 0.300. The van der Waals surface area contributed by atoms with E-state index in [0.717, 1.165) is 22.2 Å². The summed E-state index contributed by atoms with van der Waals surface area (Å²) in [7, 11) is 1.94. The van der Waals surface area contributed by atoms with E-state index in [1.807, 2.05) is 47.7 Å². The minimum atomic E-state index is -0.0757. The number of aromatic nitrogens is 5. The number of hydrogen-bond acceptors (Lipinski definition) is 6. The SMILES string of the molecule is C/C(=N/OCCO)c1ccc2ncc(C(C)c3ccc4c(cnn4C)c3)n2n1. The Bertz CT molecular complexity index is 1160. The van der Waals surface area contributed by atoms with Gasteiger partial charge in [-0.3, -0.25) is 4.68 Å². The van der Waals surface area contributed by atoms with Gasteiger partial charge >= 0.3 is 0 Å². The van der Waals surface area contributed by atoms with Crippen molar-refractivity contribution in [1.29, 1.82) is 0 Å². The molecule has 1 atom stereocenters. The fourth-order valence-corrected chi connectivity index (χ4v) is 3.23. The zero-order valence-electron chi connectivity index (χ0n) is 16.1. The average Bonchev–Trinajstić information content (AvgIpc) is 3.30. The molecule has 0 saturated heterocycles. The van der Waals surface area contributed by atoms with E-state index in [1.165, 1.54) is 5.56 Å². The van der Waals surface area contributed by atoms with Crippen LogP contribution in [-0.2, 0) is 11.9 Å². The van der Waals surface area contributed by atoms with E-state index in [0.29, 0.717) is 11.4 Å². The van der Waals surface area contributed by atoms with Gasteiger partial charge < -0.3 is 9.94 Å². The largest absolute Gasteiger partial charge is 0.393 e.